The second kappa shape index (κ2) is 8.29. The molecule has 7 nitrogen and oxygen atoms in total. The van der Waals surface area contributed by atoms with Crippen LogP contribution < -0.4 is 11.2 Å². The van der Waals surface area contributed by atoms with Gasteiger partial charge in [-0.3, -0.25) is 14.8 Å². The largest absolute Gasteiger partial charge is 0.454 e. The minimum absolute atomic E-state index is 0.0784. The maximum absolute atomic E-state index is 13.4. The summed E-state index contributed by atoms with van der Waals surface area (Å²) in [5.74, 6) is -1.55. The number of carbonyl (C=O) groups excluding carboxylic acids is 2. The lowest BCUT2D eigenvalue weighted by atomic mass is 10.0. The molecule has 0 fully saturated rings. The van der Waals surface area contributed by atoms with Gasteiger partial charge in [-0.25, -0.2) is 9.87 Å². The topological polar surface area (TPSA) is 110 Å². The van der Waals surface area contributed by atoms with Crippen molar-refractivity contribution < 1.29 is 23.6 Å². The summed E-state index contributed by atoms with van der Waals surface area (Å²) in [6.07, 6.45) is 0. The first-order valence-electron chi connectivity index (χ1n) is 9.35. The van der Waals surface area contributed by atoms with Crippen LogP contribution in [0.3, 0.4) is 0 Å². The van der Waals surface area contributed by atoms with Crippen LogP contribution in [0.1, 0.15) is 26.8 Å². The van der Waals surface area contributed by atoms with Crippen molar-refractivity contribution in [3.63, 3.8) is 0 Å². The smallest absolute Gasteiger partial charge is 0.310 e. The van der Waals surface area contributed by atoms with Gasteiger partial charge in [-0.2, -0.15) is 0 Å². The third-order valence-electron chi connectivity index (χ3n) is 4.86. The Hall–Kier alpha value is -4.17. The Kier molecular flexibility index (Phi) is 5.38. The fourth-order valence-corrected chi connectivity index (χ4v) is 3.47. The van der Waals surface area contributed by atoms with E-state index in [1.54, 1.807) is 22.8 Å². The second-order valence-corrected chi connectivity index (χ2v) is 6.82. The Balaban J connectivity index is 1.88. The van der Waals surface area contributed by atoms with Crippen molar-refractivity contribution in [2.75, 3.05) is 0 Å². The lowest BCUT2D eigenvalue weighted by Crippen LogP contribution is -2.19. The minimum Gasteiger partial charge on any atom is -0.454 e. The number of hydrogen-bond donors (Lipinski definition) is 3. The Morgan fingerprint density at radius 2 is 1.71 bits per heavy atom. The van der Waals surface area contributed by atoms with Gasteiger partial charge >= 0.3 is 5.91 Å². The first-order chi connectivity index (χ1) is 15.0. The summed E-state index contributed by atoms with van der Waals surface area (Å²) in [6.45, 7) is 0.0996. The Morgan fingerprint density at radius 1 is 1.00 bits per heavy atom. The van der Waals surface area contributed by atoms with Crippen LogP contribution in [-0.4, -0.2) is 21.6 Å². The molecule has 0 aliphatic rings. The summed E-state index contributed by atoms with van der Waals surface area (Å²) in [6, 6.07) is 20.0. The van der Waals surface area contributed by atoms with Gasteiger partial charge in [0.05, 0.1) is 6.54 Å². The molecule has 0 aliphatic carbocycles. The average molecular weight is 419 g/mol. The molecule has 4 N–H and O–H groups in total. The van der Waals surface area contributed by atoms with Crippen molar-refractivity contribution in [2.45, 2.75) is 6.54 Å². The summed E-state index contributed by atoms with van der Waals surface area (Å²) < 4.78 is 20.6. The van der Waals surface area contributed by atoms with Gasteiger partial charge in [0.25, 0.3) is 5.91 Å². The maximum Gasteiger partial charge on any atom is 0.310 e. The highest BCUT2D eigenvalue weighted by molar-refractivity contribution is 6.00. The summed E-state index contributed by atoms with van der Waals surface area (Å²) in [4.78, 5) is 24.1. The van der Waals surface area contributed by atoms with Crippen LogP contribution in [0.5, 0.6) is 0 Å². The van der Waals surface area contributed by atoms with Gasteiger partial charge in [0.2, 0.25) is 0 Å². The number of furan rings is 1. The number of nitrogens with two attached hydrogens (primary N) is 1. The SMILES string of the molecule is NC(=O)c1c(-c2ccc(F)cc2)cc(-c2ccccc2)n1Cc1ccc(C(=O)NO)o1. The maximum atomic E-state index is 13.4. The van der Waals surface area contributed by atoms with Gasteiger partial charge in [-0.05, 0) is 41.5 Å². The summed E-state index contributed by atoms with van der Waals surface area (Å²) >= 11 is 0. The molecule has 0 radical (unpaired) electrons. The van der Waals surface area contributed by atoms with Crippen molar-refractivity contribution in [1.82, 2.24) is 10.0 Å². The fraction of sp³-hybridized carbons (Fsp3) is 0.0435. The molecule has 0 aliphatic heterocycles. The van der Waals surface area contributed by atoms with E-state index < -0.39 is 17.6 Å². The zero-order valence-electron chi connectivity index (χ0n) is 16.2. The fourth-order valence-electron chi connectivity index (χ4n) is 3.47. The van der Waals surface area contributed by atoms with E-state index in [-0.39, 0.29) is 18.0 Å². The standard InChI is InChI=1S/C23H18FN3O4/c24-16-8-6-14(7-9-16)18-12-19(15-4-2-1-3-5-15)27(21(18)22(25)28)13-17-10-11-20(31-17)23(29)26-30/h1-12,30H,13H2,(H2,25,28)(H,26,29). The zero-order valence-corrected chi connectivity index (χ0v) is 16.2. The normalized spacial score (nSPS) is 10.8. The molecule has 2 aromatic heterocycles. The second-order valence-electron chi connectivity index (χ2n) is 6.82. The number of rotatable bonds is 6. The predicted molar refractivity (Wildman–Crippen MR) is 111 cm³/mol. The number of halogens is 1. The van der Waals surface area contributed by atoms with Crippen LogP contribution >= 0.6 is 0 Å². The Labute approximate surface area is 176 Å². The monoisotopic (exact) mass is 419 g/mol. The lowest BCUT2D eigenvalue weighted by molar-refractivity contribution is 0.0674. The molecule has 0 spiro atoms. The molecular formula is C23H18FN3O4. The number of primary amides is 1. The van der Waals surface area contributed by atoms with E-state index >= 15 is 0 Å². The van der Waals surface area contributed by atoms with Gasteiger partial charge in [0.15, 0.2) is 5.76 Å². The molecule has 0 saturated heterocycles. The average Bonchev–Trinajstić information content (AvgIpc) is 3.40. The molecule has 156 valence electrons. The molecule has 4 aromatic rings. The number of nitrogens with zero attached hydrogens (tertiary/aromatic N) is 1. The van der Waals surface area contributed by atoms with Crippen molar-refractivity contribution in [3.05, 3.63) is 95.8 Å². The number of hydroxylamine groups is 1. The van der Waals surface area contributed by atoms with E-state index in [0.29, 0.717) is 22.6 Å². The van der Waals surface area contributed by atoms with E-state index in [2.05, 4.69) is 0 Å². The zero-order chi connectivity index (χ0) is 22.0. The van der Waals surface area contributed by atoms with Crippen LogP contribution in [-0.2, 0) is 6.54 Å². The number of carbonyl (C=O) groups is 2. The lowest BCUT2D eigenvalue weighted by Gasteiger charge is -2.12. The van der Waals surface area contributed by atoms with Gasteiger partial charge in [-0.15, -0.1) is 0 Å². The Bertz CT molecular complexity index is 1240. The van der Waals surface area contributed by atoms with Crippen molar-refractivity contribution in [1.29, 1.82) is 0 Å². The minimum atomic E-state index is -0.788. The van der Waals surface area contributed by atoms with E-state index in [1.807, 2.05) is 36.4 Å². The van der Waals surface area contributed by atoms with Crippen molar-refractivity contribution >= 4 is 11.8 Å². The van der Waals surface area contributed by atoms with Crippen LogP contribution in [0, 0.1) is 5.82 Å². The quantitative estimate of drug-likeness (QED) is 0.326. The summed E-state index contributed by atoms with van der Waals surface area (Å²) in [5.41, 5.74) is 10.2. The highest BCUT2D eigenvalue weighted by Crippen LogP contribution is 2.34. The molecule has 2 aromatic carbocycles. The highest BCUT2D eigenvalue weighted by atomic mass is 19.1. The number of aromatic nitrogens is 1. The third kappa shape index (κ3) is 3.96. The first kappa shape index (κ1) is 20.1. The van der Waals surface area contributed by atoms with Crippen LogP contribution in [0.25, 0.3) is 22.4 Å². The molecule has 0 unspecified atom stereocenters. The first-order valence-corrected chi connectivity index (χ1v) is 9.35. The van der Waals surface area contributed by atoms with E-state index in [1.165, 1.54) is 23.7 Å². The van der Waals surface area contributed by atoms with Crippen molar-refractivity contribution in [2.24, 2.45) is 5.73 Å². The number of amides is 2. The number of hydrogen-bond acceptors (Lipinski definition) is 4. The van der Waals surface area contributed by atoms with E-state index in [4.69, 9.17) is 15.4 Å². The van der Waals surface area contributed by atoms with Gasteiger partial charge in [0.1, 0.15) is 17.3 Å². The third-order valence-corrected chi connectivity index (χ3v) is 4.86. The van der Waals surface area contributed by atoms with Gasteiger partial charge < -0.3 is 14.7 Å². The molecule has 2 amide bonds. The number of benzene rings is 2. The molecule has 0 bridgehead atoms. The molecule has 0 atom stereocenters. The molecular weight excluding hydrogens is 401 g/mol. The van der Waals surface area contributed by atoms with Crippen molar-refractivity contribution in [3.8, 4) is 22.4 Å². The molecule has 4 rings (SSSR count). The summed E-state index contributed by atoms with van der Waals surface area (Å²) in [5, 5.41) is 8.79. The van der Waals surface area contributed by atoms with Crippen LogP contribution in [0.2, 0.25) is 0 Å². The van der Waals surface area contributed by atoms with Gasteiger partial charge in [0, 0.05) is 11.3 Å². The summed E-state index contributed by atoms with van der Waals surface area (Å²) in [7, 11) is 0. The predicted octanol–water partition coefficient (Wildman–Crippen LogP) is 3.82. The van der Waals surface area contributed by atoms with Crippen LogP contribution in [0.4, 0.5) is 4.39 Å². The number of nitrogens with one attached hydrogen (secondary N) is 1. The molecule has 8 heteroatoms. The highest BCUT2D eigenvalue weighted by Gasteiger charge is 2.23. The van der Waals surface area contributed by atoms with Gasteiger partial charge in [-0.1, -0.05) is 42.5 Å². The molecule has 2 heterocycles. The van der Waals surface area contributed by atoms with E-state index in [9.17, 15) is 14.0 Å². The van der Waals surface area contributed by atoms with E-state index in [0.717, 1.165) is 5.56 Å². The van der Waals surface area contributed by atoms with Crippen LogP contribution in [0.15, 0.2) is 77.2 Å². The Morgan fingerprint density at radius 3 is 2.35 bits per heavy atom. The molecule has 31 heavy (non-hydrogen) atoms. The molecule has 0 saturated carbocycles.